The molecule has 0 aliphatic heterocycles. The van der Waals surface area contributed by atoms with Crippen molar-refractivity contribution in [3.8, 4) is 5.69 Å². The van der Waals surface area contributed by atoms with Gasteiger partial charge >= 0.3 is 0 Å². The van der Waals surface area contributed by atoms with Crippen LogP contribution in [0.1, 0.15) is 21.9 Å². The van der Waals surface area contributed by atoms with Crippen LogP contribution in [-0.4, -0.2) is 15.7 Å². The number of amides is 1. The van der Waals surface area contributed by atoms with E-state index in [4.69, 9.17) is 4.42 Å². The Morgan fingerprint density at radius 2 is 1.95 bits per heavy atom. The zero-order chi connectivity index (χ0) is 15.7. The molecule has 1 aromatic carbocycles. The first-order valence-electron chi connectivity index (χ1n) is 6.73. The number of nitrogens with one attached hydrogen (secondary N) is 1. The number of aryl methyl sites for hydroxylation is 2. The van der Waals surface area contributed by atoms with Gasteiger partial charge in [-0.25, -0.2) is 4.68 Å². The molecule has 0 saturated carbocycles. The van der Waals surface area contributed by atoms with E-state index < -0.39 is 0 Å². The minimum absolute atomic E-state index is 0.201. The van der Waals surface area contributed by atoms with Crippen molar-refractivity contribution in [1.82, 2.24) is 9.78 Å². The predicted octanol–water partition coefficient (Wildman–Crippen LogP) is 4.10. The molecule has 112 valence electrons. The SMILES string of the molecule is Cc1oc(C)c(C(=O)Nc2ccc(-n3cccn3)cc2)c1Br. The van der Waals surface area contributed by atoms with E-state index in [9.17, 15) is 4.79 Å². The highest BCUT2D eigenvalue weighted by Crippen LogP contribution is 2.28. The van der Waals surface area contributed by atoms with Gasteiger partial charge in [0.05, 0.1) is 15.7 Å². The molecule has 6 heteroatoms. The molecule has 2 heterocycles. The van der Waals surface area contributed by atoms with E-state index in [1.54, 1.807) is 17.8 Å². The summed E-state index contributed by atoms with van der Waals surface area (Å²) in [5, 5.41) is 7.03. The van der Waals surface area contributed by atoms with Crippen LogP contribution in [0.2, 0.25) is 0 Å². The molecule has 0 bridgehead atoms. The summed E-state index contributed by atoms with van der Waals surface area (Å²) in [4.78, 5) is 12.4. The third-order valence-electron chi connectivity index (χ3n) is 3.31. The van der Waals surface area contributed by atoms with Crippen molar-refractivity contribution in [1.29, 1.82) is 0 Å². The monoisotopic (exact) mass is 359 g/mol. The van der Waals surface area contributed by atoms with Gasteiger partial charge in [0.15, 0.2) is 0 Å². The van der Waals surface area contributed by atoms with Gasteiger partial charge in [0.2, 0.25) is 0 Å². The first-order valence-corrected chi connectivity index (χ1v) is 7.52. The fourth-order valence-corrected chi connectivity index (χ4v) is 2.77. The molecule has 3 aromatic rings. The summed E-state index contributed by atoms with van der Waals surface area (Å²) in [6, 6.07) is 9.32. The molecule has 22 heavy (non-hydrogen) atoms. The van der Waals surface area contributed by atoms with Gasteiger partial charge in [-0.1, -0.05) is 0 Å². The Labute approximate surface area is 136 Å². The van der Waals surface area contributed by atoms with Crippen LogP contribution in [-0.2, 0) is 0 Å². The van der Waals surface area contributed by atoms with Crippen LogP contribution in [0, 0.1) is 13.8 Å². The summed E-state index contributed by atoms with van der Waals surface area (Å²) in [6.45, 7) is 3.58. The van der Waals surface area contributed by atoms with Crippen molar-refractivity contribution in [2.45, 2.75) is 13.8 Å². The summed E-state index contributed by atoms with van der Waals surface area (Å²) in [7, 11) is 0. The number of aromatic nitrogens is 2. The van der Waals surface area contributed by atoms with E-state index in [1.165, 1.54) is 0 Å². The number of rotatable bonds is 3. The minimum Gasteiger partial charge on any atom is -0.465 e. The number of hydrogen-bond donors (Lipinski definition) is 1. The second-order valence-corrected chi connectivity index (χ2v) is 5.65. The lowest BCUT2D eigenvalue weighted by atomic mass is 10.2. The maximum absolute atomic E-state index is 12.4. The zero-order valence-electron chi connectivity index (χ0n) is 12.1. The van der Waals surface area contributed by atoms with Gasteiger partial charge in [-0.15, -0.1) is 0 Å². The van der Waals surface area contributed by atoms with Gasteiger partial charge in [-0.05, 0) is 60.1 Å². The number of nitrogens with zero attached hydrogens (tertiary/aromatic N) is 2. The molecule has 1 N–H and O–H groups in total. The number of benzene rings is 1. The molecule has 1 amide bonds. The van der Waals surface area contributed by atoms with Gasteiger partial charge in [0.1, 0.15) is 11.5 Å². The molecule has 0 unspecified atom stereocenters. The number of furan rings is 1. The fraction of sp³-hybridized carbons (Fsp3) is 0.125. The third kappa shape index (κ3) is 2.69. The van der Waals surface area contributed by atoms with E-state index in [2.05, 4.69) is 26.3 Å². The molecule has 0 fully saturated rings. The molecule has 2 aromatic heterocycles. The molecular formula is C16H14BrN3O2. The smallest absolute Gasteiger partial charge is 0.260 e. The Kier molecular flexibility index (Phi) is 3.85. The second kappa shape index (κ2) is 5.81. The van der Waals surface area contributed by atoms with Crippen LogP contribution in [0.4, 0.5) is 5.69 Å². The Balaban J connectivity index is 1.80. The Bertz CT molecular complexity index is 805. The van der Waals surface area contributed by atoms with Crippen LogP contribution in [0.25, 0.3) is 5.69 Å². The molecule has 0 saturated heterocycles. The predicted molar refractivity (Wildman–Crippen MR) is 87.4 cm³/mol. The van der Waals surface area contributed by atoms with E-state index >= 15 is 0 Å². The first kappa shape index (κ1) is 14.6. The van der Waals surface area contributed by atoms with E-state index in [0.29, 0.717) is 27.2 Å². The normalized spacial score (nSPS) is 10.7. The number of anilines is 1. The number of hydrogen-bond acceptors (Lipinski definition) is 3. The second-order valence-electron chi connectivity index (χ2n) is 4.86. The lowest BCUT2D eigenvalue weighted by molar-refractivity contribution is 0.102. The zero-order valence-corrected chi connectivity index (χ0v) is 13.7. The van der Waals surface area contributed by atoms with E-state index in [1.807, 2.05) is 43.5 Å². The summed E-state index contributed by atoms with van der Waals surface area (Å²) in [5.41, 5.74) is 2.17. The number of halogens is 1. The van der Waals surface area contributed by atoms with Gasteiger partial charge in [-0.3, -0.25) is 4.79 Å². The average molecular weight is 360 g/mol. The molecular weight excluding hydrogens is 346 g/mol. The highest BCUT2D eigenvalue weighted by molar-refractivity contribution is 9.10. The van der Waals surface area contributed by atoms with E-state index in [-0.39, 0.29) is 5.91 Å². The van der Waals surface area contributed by atoms with Crippen molar-refractivity contribution >= 4 is 27.5 Å². The van der Waals surface area contributed by atoms with Crippen molar-refractivity contribution in [2.24, 2.45) is 0 Å². The lowest BCUT2D eigenvalue weighted by Gasteiger charge is -2.06. The molecule has 0 aliphatic rings. The Morgan fingerprint density at radius 3 is 2.50 bits per heavy atom. The summed E-state index contributed by atoms with van der Waals surface area (Å²) in [5.74, 6) is 1.08. The standard InChI is InChI=1S/C16H14BrN3O2/c1-10-14(15(17)11(2)22-10)16(21)19-12-4-6-13(7-5-12)20-9-3-8-18-20/h3-9H,1-2H3,(H,19,21). The van der Waals surface area contributed by atoms with Gasteiger partial charge in [-0.2, -0.15) is 5.10 Å². The average Bonchev–Trinajstić information content (AvgIpc) is 3.09. The Morgan fingerprint density at radius 1 is 1.23 bits per heavy atom. The lowest BCUT2D eigenvalue weighted by Crippen LogP contribution is -2.12. The maximum atomic E-state index is 12.4. The maximum Gasteiger partial charge on any atom is 0.260 e. The highest BCUT2D eigenvalue weighted by atomic mass is 79.9. The van der Waals surface area contributed by atoms with E-state index in [0.717, 1.165) is 5.69 Å². The van der Waals surface area contributed by atoms with Crippen molar-refractivity contribution in [3.05, 3.63) is 64.3 Å². The summed E-state index contributed by atoms with van der Waals surface area (Å²) >= 11 is 3.39. The number of carbonyl (C=O) groups excluding carboxylic acids is 1. The molecule has 0 atom stereocenters. The topological polar surface area (TPSA) is 60.1 Å². The molecule has 0 radical (unpaired) electrons. The fourth-order valence-electron chi connectivity index (χ4n) is 2.23. The van der Waals surface area contributed by atoms with Crippen LogP contribution in [0.5, 0.6) is 0 Å². The first-order chi connectivity index (χ1) is 10.6. The van der Waals surface area contributed by atoms with Gasteiger partial charge < -0.3 is 9.73 Å². The molecule has 3 rings (SSSR count). The number of carbonyl (C=O) groups is 1. The van der Waals surface area contributed by atoms with Crippen molar-refractivity contribution in [3.63, 3.8) is 0 Å². The minimum atomic E-state index is -0.201. The van der Waals surface area contributed by atoms with Crippen molar-refractivity contribution < 1.29 is 9.21 Å². The molecule has 0 aliphatic carbocycles. The quantitative estimate of drug-likeness (QED) is 0.765. The molecule has 0 spiro atoms. The molecule has 5 nitrogen and oxygen atoms in total. The summed E-state index contributed by atoms with van der Waals surface area (Å²) < 4.78 is 7.90. The van der Waals surface area contributed by atoms with Gasteiger partial charge in [0.25, 0.3) is 5.91 Å². The van der Waals surface area contributed by atoms with Crippen LogP contribution < -0.4 is 5.32 Å². The highest BCUT2D eigenvalue weighted by Gasteiger charge is 2.19. The van der Waals surface area contributed by atoms with Gasteiger partial charge in [0, 0.05) is 18.1 Å². The van der Waals surface area contributed by atoms with Crippen molar-refractivity contribution in [2.75, 3.05) is 5.32 Å². The Hall–Kier alpha value is -2.34. The van der Waals surface area contributed by atoms with Crippen LogP contribution >= 0.6 is 15.9 Å². The van der Waals surface area contributed by atoms with Crippen LogP contribution in [0.15, 0.2) is 51.6 Å². The third-order valence-corrected chi connectivity index (χ3v) is 4.26. The summed E-state index contributed by atoms with van der Waals surface area (Å²) in [6.07, 6.45) is 3.58. The van der Waals surface area contributed by atoms with Crippen LogP contribution in [0.3, 0.4) is 0 Å². The largest absolute Gasteiger partial charge is 0.465 e.